The van der Waals surface area contributed by atoms with Crippen molar-refractivity contribution < 1.29 is 16.2 Å². The van der Waals surface area contributed by atoms with Crippen LogP contribution in [0.3, 0.4) is 0 Å². The fourth-order valence-corrected chi connectivity index (χ4v) is 10.2. The van der Waals surface area contributed by atoms with Crippen LogP contribution in [0.2, 0.25) is 0 Å². The average molecular weight is 986 g/mol. The fourth-order valence-electron chi connectivity index (χ4n) is 10.2. The zero-order valence-electron chi connectivity index (χ0n) is 50.3. The number of fused-ring (bicyclic) bond motifs is 4. The van der Waals surface area contributed by atoms with Crippen LogP contribution in [0.4, 0.5) is 0 Å². The molecule has 0 saturated heterocycles. The Morgan fingerprint density at radius 3 is 1.81 bits per heavy atom. The van der Waals surface area contributed by atoms with Gasteiger partial charge in [-0.1, -0.05) is 210 Å². The normalized spacial score (nSPS) is 13.5. The number of para-hydroxylation sites is 2. The number of imidazole rings is 1. The smallest absolute Gasteiger partial charge is 0.269 e. The highest BCUT2D eigenvalue weighted by Crippen LogP contribution is 2.41. The molecule has 11 rings (SSSR count). The molecule has 5 heteroatoms. The Morgan fingerprint density at radius 1 is 0.467 bits per heavy atom. The van der Waals surface area contributed by atoms with Crippen molar-refractivity contribution in [1.29, 1.82) is 0 Å². The van der Waals surface area contributed by atoms with E-state index >= 15 is 0 Å². The Labute approximate surface area is 450 Å². The minimum Gasteiger partial charge on any atom is -0.458 e. The summed E-state index contributed by atoms with van der Waals surface area (Å²) in [6.45, 7) is 26.9. The highest BCUT2D eigenvalue weighted by Gasteiger charge is 2.26. The topological polar surface area (TPSA) is 35.9 Å². The van der Waals surface area contributed by atoms with E-state index in [0.717, 1.165) is 66.8 Å². The van der Waals surface area contributed by atoms with Crippen LogP contribution in [0.25, 0.3) is 83.4 Å². The maximum atomic E-state index is 9.07. The van der Waals surface area contributed by atoms with Crippen LogP contribution < -0.4 is 9.30 Å². The summed E-state index contributed by atoms with van der Waals surface area (Å²) < 4.78 is 57.1. The maximum absolute atomic E-state index is 9.07. The Balaban J connectivity index is 1.15. The highest BCUT2D eigenvalue weighted by molar-refractivity contribution is 6.09. The molecule has 8 aromatic carbocycles. The Morgan fingerprint density at radius 2 is 1.09 bits per heavy atom. The van der Waals surface area contributed by atoms with Gasteiger partial charge in [0.2, 0.25) is 0 Å². The van der Waals surface area contributed by atoms with Crippen molar-refractivity contribution >= 4 is 32.8 Å². The number of aromatic nitrogens is 4. The second kappa shape index (κ2) is 18.4. The van der Waals surface area contributed by atoms with E-state index in [4.69, 9.17) is 16.6 Å². The van der Waals surface area contributed by atoms with Crippen LogP contribution in [0.1, 0.15) is 112 Å². The lowest BCUT2D eigenvalue weighted by atomic mass is 9.78. The molecule has 0 atom stereocenters. The van der Waals surface area contributed by atoms with Gasteiger partial charge in [0.25, 0.3) is 6.33 Å². The molecule has 0 aliphatic carbocycles. The largest absolute Gasteiger partial charge is 0.458 e. The lowest BCUT2D eigenvalue weighted by molar-refractivity contribution is -0.571. The molecule has 5 nitrogen and oxygen atoms in total. The van der Waals surface area contributed by atoms with Crippen molar-refractivity contribution in [3.8, 4) is 62.1 Å². The van der Waals surface area contributed by atoms with Crippen molar-refractivity contribution in [2.75, 3.05) is 0 Å². The van der Waals surface area contributed by atoms with E-state index in [2.05, 4.69) is 208 Å². The van der Waals surface area contributed by atoms with E-state index in [9.17, 15) is 0 Å². The third-order valence-electron chi connectivity index (χ3n) is 14.5. The molecule has 0 spiro atoms. The van der Waals surface area contributed by atoms with Gasteiger partial charge < -0.3 is 4.74 Å². The molecule has 0 aliphatic rings. The maximum Gasteiger partial charge on any atom is 0.269 e. The molecule has 0 amide bonds. The van der Waals surface area contributed by atoms with Crippen molar-refractivity contribution in [2.24, 2.45) is 0 Å². The molecule has 3 aromatic heterocycles. The monoisotopic (exact) mass is 986 g/mol. The van der Waals surface area contributed by atoms with Gasteiger partial charge >= 0.3 is 0 Å². The predicted molar refractivity (Wildman–Crippen MR) is 313 cm³/mol. The molecule has 0 aliphatic heterocycles. The van der Waals surface area contributed by atoms with Crippen LogP contribution in [0.5, 0.6) is 11.5 Å². The summed E-state index contributed by atoms with van der Waals surface area (Å²) >= 11 is 0. The number of pyridine rings is 1. The number of nitrogens with zero attached hydrogens (tertiary/aromatic N) is 4. The summed E-state index contributed by atoms with van der Waals surface area (Å²) in [6, 6.07) is 53.1. The zero-order valence-corrected chi connectivity index (χ0v) is 45.3. The first-order chi connectivity index (χ1) is 37.8. The fraction of sp³-hybridized carbons (Fsp3) is 0.229. The van der Waals surface area contributed by atoms with E-state index in [-0.39, 0.29) is 51.4 Å². The molecule has 0 fully saturated rings. The predicted octanol–water partition coefficient (Wildman–Crippen LogP) is 18.2. The molecular formula is C70H68N4O. The Kier molecular flexibility index (Phi) is 10.7. The Hall–Kier alpha value is -8.02. The van der Waals surface area contributed by atoms with Gasteiger partial charge in [0.1, 0.15) is 17.3 Å². The van der Waals surface area contributed by atoms with Crippen LogP contribution in [0, 0.1) is 6.33 Å². The third kappa shape index (κ3) is 9.46. The quantitative estimate of drug-likeness (QED) is 0.112. The van der Waals surface area contributed by atoms with Gasteiger partial charge in [-0.2, -0.15) is 0 Å². The first-order valence-corrected chi connectivity index (χ1v) is 26.0. The van der Waals surface area contributed by atoms with E-state index in [1.54, 1.807) is 0 Å². The van der Waals surface area contributed by atoms with Crippen molar-refractivity contribution in [3.05, 3.63) is 223 Å². The van der Waals surface area contributed by atoms with Crippen LogP contribution in [0.15, 0.2) is 194 Å². The highest BCUT2D eigenvalue weighted by atomic mass is 16.5. The number of benzene rings is 8. The van der Waals surface area contributed by atoms with E-state index in [1.165, 1.54) is 22.3 Å². The van der Waals surface area contributed by atoms with Gasteiger partial charge in [-0.05, 0) is 132 Å². The summed E-state index contributed by atoms with van der Waals surface area (Å²) in [5.41, 5.74) is 14.3. The minimum absolute atomic E-state index is 0.0725. The van der Waals surface area contributed by atoms with Gasteiger partial charge in [-0.15, -0.1) is 0 Å². The summed E-state index contributed by atoms with van der Waals surface area (Å²) in [5, 5.41) is 2.20. The van der Waals surface area contributed by atoms with Gasteiger partial charge in [-0.3, -0.25) is 13.7 Å². The van der Waals surface area contributed by atoms with Gasteiger partial charge in [0.15, 0.2) is 0 Å². The number of hydrogen-bond donors (Lipinski definition) is 0. The Bertz CT molecular complexity index is 4210. The molecule has 11 aromatic rings. The zero-order chi connectivity index (χ0) is 57.0. The number of hydrogen-bond acceptors (Lipinski definition) is 2. The standard InChI is InChI=1S/C70H68N4O/c1-67(2,3)50-24-18-23-48(37-50)57-28-20-29-58(49-38-52(69(7,8)9)41-53(39-49)70(10,11)12)66(57)73-45-72(64-40-47(31-34-62(64)73)46-21-14-13-15-22-46)54-25-19-26-55(43-54)75-56-32-33-60-59-27-16-17-30-61(59)74(63(60)44-56)65-42-51(35-36-71-65)68(4,5)6/h13-44H,1-12H3/i13D,14D,15D,21D,22D. The molecule has 374 valence electrons. The summed E-state index contributed by atoms with van der Waals surface area (Å²) in [5.74, 6) is 2.07. The SMILES string of the molecule is [2H]c1c([2H])c([2H])c(-c2ccc3c(c2)n(-c2cccc(Oc4ccc5c6ccccc6n(-c6cc(C(C)(C)C)ccn6)c5c4)c2)[c-][n+]3-c2c(-c3cccc(C(C)(C)C)c3)cccc2-c2cc(C(C)(C)C)cc(C(C)(C)C)c2)c([2H])c1[2H]. The second-order valence-electron chi connectivity index (χ2n) is 24.1. The molecule has 0 bridgehead atoms. The molecular weight excluding hydrogens is 913 g/mol. The molecule has 75 heavy (non-hydrogen) atoms. The minimum atomic E-state index is -0.437. The number of rotatable bonds is 8. The lowest BCUT2D eigenvalue weighted by Gasteiger charge is -2.27. The van der Waals surface area contributed by atoms with E-state index in [1.807, 2.05) is 59.3 Å². The van der Waals surface area contributed by atoms with Crippen LogP contribution in [-0.2, 0) is 21.7 Å². The van der Waals surface area contributed by atoms with Gasteiger partial charge in [0.05, 0.1) is 40.3 Å². The molecule has 0 N–H and O–H groups in total. The molecule has 0 saturated carbocycles. The van der Waals surface area contributed by atoms with E-state index in [0.29, 0.717) is 22.6 Å². The van der Waals surface area contributed by atoms with Gasteiger partial charge in [0, 0.05) is 23.0 Å². The van der Waals surface area contributed by atoms with Crippen LogP contribution >= 0.6 is 0 Å². The second-order valence-corrected chi connectivity index (χ2v) is 24.1. The van der Waals surface area contributed by atoms with Crippen LogP contribution in [-0.4, -0.2) is 14.1 Å². The lowest BCUT2D eigenvalue weighted by Crippen LogP contribution is -2.31. The van der Waals surface area contributed by atoms with Crippen molar-refractivity contribution in [1.82, 2.24) is 14.1 Å². The van der Waals surface area contributed by atoms with Crippen molar-refractivity contribution in [3.63, 3.8) is 0 Å². The summed E-state index contributed by atoms with van der Waals surface area (Å²) in [7, 11) is 0. The van der Waals surface area contributed by atoms with E-state index < -0.39 is 6.04 Å². The number of ether oxygens (including phenoxy) is 1. The molecule has 3 heterocycles. The van der Waals surface area contributed by atoms with Crippen molar-refractivity contribution in [2.45, 2.75) is 105 Å². The average Bonchev–Trinajstić information content (AvgIpc) is 3.96. The summed E-state index contributed by atoms with van der Waals surface area (Å²) in [6.07, 6.45) is 5.74. The summed E-state index contributed by atoms with van der Waals surface area (Å²) in [4.78, 5) is 4.90. The first-order valence-electron chi connectivity index (χ1n) is 28.5. The molecule has 0 unspecified atom stereocenters. The van der Waals surface area contributed by atoms with Gasteiger partial charge in [-0.25, -0.2) is 4.98 Å². The first kappa shape index (κ1) is 43.4. The molecule has 0 radical (unpaired) electrons. The third-order valence-corrected chi connectivity index (χ3v) is 14.5.